The van der Waals surface area contributed by atoms with Gasteiger partial charge < -0.3 is 9.84 Å². The molecule has 2 heteroatoms. The summed E-state index contributed by atoms with van der Waals surface area (Å²) < 4.78 is 5.18. The highest BCUT2D eigenvalue weighted by Crippen LogP contribution is 2.43. The van der Waals surface area contributed by atoms with Crippen molar-refractivity contribution in [3.05, 3.63) is 35.4 Å². The molecule has 0 amide bonds. The zero-order valence-corrected chi connectivity index (χ0v) is 11.7. The van der Waals surface area contributed by atoms with Crippen LogP contribution in [0, 0.1) is 5.41 Å². The molecule has 0 heterocycles. The van der Waals surface area contributed by atoms with E-state index in [0.717, 1.165) is 18.6 Å². The van der Waals surface area contributed by atoms with Gasteiger partial charge in [0.1, 0.15) is 5.75 Å². The van der Waals surface area contributed by atoms with Crippen LogP contribution >= 0.6 is 0 Å². The van der Waals surface area contributed by atoms with Crippen LogP contribution in [0.25, 0.3) is 5.57 Å². The molecule has 1 atom stereocenters. The van der Waals surface area contributed by atoms with Crippen LogP contribution in [0.15, 0.2) is 29.8 Å². The lowest BCUT2D eigenvalue weighted by Crippen LogP contribution is -2.27. The standard InChI is InChI=1S/C16H22O2/c1-11-15(9-13(17)10-16(11,2)3)12-5-7-14(18-4)8-6-12/h5-8,13,17H,9-10H2,1-4H3. The normalized spacial score (nSPS) is 23.1. The van der Waals surface area contributed by atoms with Gasteiger partial charge in [0.05, 0.1) is 13.2 Å². The molecule has 0 aromatic heterocycles. The quantitative estimate of drug-likeness (QED) is 0.863. The first-order valence-electron chi connectivity index (χ1n) is 6.47. The maximum atomic E-state index is 10.0. The number of ether oxygens (including phenoxy) is 1. The van der Waals surface area contributed by atoms with Crippen molar-refractivity contribution in [1.29, 1.82) is 0 Å². The number of rotatable bonds is 2. The van der Waals surface area contributed by atoms with E-state index in [4.69, 9.17) is 4.74 Å². The van der Waals surface area contributed by atoms with Gasteiger partial charge in [-0.25, -0.2) is 0 Å². The summed E-state index contributed by atoms with van der Waals surface area (Å²) in [6.45, 7) is 6.59. The van der Waals surface area contributed by atoms with Crippen molar-refractivity contribution in [2.24, 2.45) is 5.41 Å². The molecule has 0 fully saturated rings. The molecule has 2 rings (SSSR count). The Morgan fingerprint density at radius 2 is 1.83 bits per heavy atom. The Morgan fingerprint density at radius 1 is 1.22 bits per heavy atom. The first-order valence-corrected chi connectivity index (χ1v) is 6.47. The Morgan fingerprint density at radius 3 is 2.39 bits per heavy atom. The SMILES string of the molecule is COc1ccc(C2=C(C)C(C)(C)CC(O)C2)cc1. The molecule has 2 nitrogen and oxygen atoms in total. The number of benzene rings is 1. The lowest BCUT2D eigenvalue weighted by Gasteiger charge is -2.36. The number of allylic oxidation sites excluding steroid dienone is 1. The van der Waals surface area contributed by atoms with Gasteiger partial charge in [0, 0.05) is 0 Å². The number of hydrogen-bond donors (Lipinski definition) is 1. The summed E-state index contributed by atoms with van der Waals surface area (Å²) in [5.41, 5.74) is 3.94. The van der Waals surface area contributed by atoms with Crippen molar-refractivity contribution in [2.45, 2.75) is 39.7 Å². The monoisotopic (exact) mass is 246 g/mol. The fourth-order valence-electron chi connectivity index (χ4n) is 2.74. The van der Waals surface area contributed by atoms with Crippen molar-refractivity contribution >= 4 is 5.57 Å². The Hall–Kier alpha value is -1.28. The molecule has 98 valence electrons. The van der Waals surface area contributed by atoms with Gasteiger partial charge in [-0.05, 0) is 48.4 Å². The lowest BCUT2D eigenvalue weighted by atomic mass is 9.71. The maximum Gasteiger partial charge on any atom is 0.118 e. The van der Waals surface area contributed by atoms with Gasteiger partial charge in [0.15, 0.2) is 0 Å². The fourth-order valence-corrected chi connectivity index (χ4v) is 2.74. The van der Waals surface area contributed by atoms with Gasteiger partial charge in [0.2, 0.25) is 0 Å². The third kappa shape index (κ3) is 2.44. The highest BCUT2D eigenvalue weighted by atomic mass is 16.5. The van der Waals surface area contributed by atoms with E-state index in [0.29, 0.717) is 0 Å². The summed E-state index contributed by atoms with van der Waals surface area (Å²) in [5, 5.41) is 10.0. The van der Waals surface area contributed by atoms with Gasteiger partial charge >= 0.3 is 0 Å². The molecule has 0 saturated heterocycles. The second-order valence-corrected chi connectivity index (χ2v) is 5.78. The van der Waals surface area contributed by atoms with Crippen molar-refractivity contribution < 1.29 is 9.84 Å². The minimum absolute atomic E-state index is 0.0763. The van der Waals surface area contributed by atoms with E-state index in [1.807, 2.05) is 12.1 Å². The van der Waals surface area contributed by atoms with Crippen molar-refractivity contribution in [3.63, 3.8) is 0 Å². The minimum atomic E-state index is -0.235. The summed E-state index contributed by atoms with van der Waals surface area (Å²) in [6.07, 6.45) is 1.36. The number of aliphatic hydroxyl groups excluding tert-OH is 1. The van der Waals surface area contributed by atoms with E-state index >= 15 is 0 Å². The topological polar surface area (TPSA) is 29.5 Å². The molecule has 1 N–H and O–H groups in total. The van der Waals surface area contributed by atoms with E-state index in [1.54, 1.807) is 7.11 Å². The van der Waals surface area contributed by atoms with E-state index in [-0.39, 0.29) is 11.5 Å². The van der Waals surface area contributed by atoms with Crippen LogP contribution in [0.2, 0.25) is 0 Å². The summed E-state index contributed by atoms with van der Waals surface area (Å²) in [5.74, 6) is 0.868. The molecule has 1 unspecified atom stereocenters. The third-order valence-electron chi connectivity index (χ3n) is 4.09. The van der Waals surface area contributed by atoms with Gasteiger partial charge in [-0.2, -0.15) is 0 Å². The van der Waals surface area contributed by atoms with E-state index < -0.39 is 0 Å². The van der Waals surface area contributed by atoms with Crippen LogP contribution in [0.1, 0.15) is 39.2 Å². The Balaban J connectivity index is 2.41. The van der Waals surface area contributed by atoms with Gasteiger partial charge in [-0.15, -0.1) is 0 Å². The number of hydrogen-bond acceptors (Lipinski definition) is 2. The minimum Gasteiger partial charge on any atom is -0.497 e. The smallest absolute Gasteiger partial charge is 0.118 e. The maximum absolute atomic E-state index is 10.0. The molecule has 0 bridgehead atoms. The molecule has 1 aromatic rings. The molecular weight excluding hydrogens is 224 g/mol. The second-order valence-electron chi connectivity index (χ2n) is 5.78. The van der Waals surface area contributed by atoms with E-state index in [9.17, 15) is 5.11 Å². The van der Waals surface area contributed by atoms with Gasteiger partial charge in [-0.1, -0.05) is 31.6 Å². The van der Waals surface area contributed by atoms with Crippen LogP contribution < -0.4 is 4.74 Å². The highest BCUT2D eigenvalue weighted by molar-refractivity contribution is 5.71. The van der Waals surface area contributed by atoms with Crippen LogP contribution in [-0.2, 0) is 0 Å². The zero-order valence-electron chi connectivity index (χ0n) is 11.7. The molecule has 1 aromatic carbocycles. The summed E-state index contributed by atoms with van der Waals surface area (Å²) in [6, 6.07) is 8.10. The third-order valence-corrected chi connectivity index (χ3v) is 4.09. The predicted octanol–water partition coefficient (Wildman–Crippen LogP) is 3.65. The van der Waals surface area contributed by atoms with Gasteiger partial charge in [-0.3, -0.25) is 0 Å². The molecule has 0 radical (unpaired) electrons. The Bertz CT molecular complexity index is 454. The first kappa shape index (κ1) is 13.2. The molecule has 1 aliphatic carbocycles. The molecule has 1 aliphatic rings. The fraction of sp³-hybridized carbons (Fsp3) is 0.500. The largest absolute Gasteiger partial charge is 0.497 e. The number of aliphatic hydroxyl groups is 1. The molecular formula is C16H22O2. The summed E-state index contributed by atoms with van der Waals surface area (Å²) >= 11 is 0. The Kier molecular flexibility index (Phi) is 3.49. The van der Waals surface area contributed by atoms with Crippen molar-refractivity contribution in [3.8, 4) is 5.75 Å². The average Bonchev–Trinajstić information content (AvgIpc) is 2.33. The second kappa shape index (κ2) is 4.77. The summed E-state index contributed by atoms with van der Waals surface area (Å²) in [4.78, 5) is 0. The molecule has 0 aliphatic heterocycles. The highest BCUT2D eigenvalue weighted by Gasteiger charge is 2.32. The first-order chi connectivity index (χ1) is 8.44. The summed E-state index contributed by atoms with van der Waals surface area (Å²) in [7, 11) is 1.67. The van der Waals surface area contributed by atoms with Gasteiger partial charge in [0.25, 0.3) is 0 Å². The Labute approximate surface area is 109 Å². The van der Waals surface area contributed by atoms with Crippen molar-refractivity contribution in [2.75, 3.05) is 7.11 Å². The molecule has 0 spiro atoms. The predicted molar refractivity (Wildman–Crippen MR) is 74.6 cm³/mol. The van der Waals surface area contributed by atoms with Crippen LogP contribution in [0.3, 0.4) is 0 Å². The van der Waals surface area contributed by atoms with E-state index in [1.165, 1.54) is 16.7 Å². The van der Waals surface area contributed by atoms with Crippen LogP contribution in [0.4, 0.5) is 0 Å². The lowest BCUT2D eigenvalue weighted by molar-refractivity contribution is 0.123. The average molecular weight is 246 g/mol. The zero-order chi connectivity index (χ0) is 13.3. The van der Waals surface area contributed by atoms with E-state index in [2.05, 4.69) is 32.9 Å². The van der Waals surface area contributed by atoms with Crippen LogP contribution in [-0.4, -0.2) is 18.3 Å². The number of methoxy groups -OCH3 is 1. The molecule has 0 saturated carbocycles. The van der Waals surface area contributed by atoms with Crippen molar-refractivity contribution in [1.82, 2.24) is 0 Å². The molecule has 18 heavy (non-hydrogen) atoms. The van der Waals surface area contributed by atoms with Crippen LogP contribution in [0.5, 0.6) is 5.75 Å².